The Balaban J connectivity index is 1.37. The highest BCUT2D eigenvalue weighted by Crippen LogP contribution is 2.43. The van der Waals surface area contributed by atoms with E-state index < -0.39 is 6.04 Å². The van der Waals surface area contributed by atoms with Crippen molar-refractivity contribution in [3.63, 3.8) is 0 Å². The standard InChI is InChI=1S/C34H28Br2ClN5O3S/c1-20-29(32(43)39-25-12-4-3-5-13-25)30(42-33(38-20)40-34(41-42)46-19-22-10-6-7-14-27(22)37)23-16-26(36)31(28(17-23)44-2)45-18-21-9-8-11-24(35)15-21/h3-17,30H,18-19H2,1-2H3,(H,39,43)(H,38,40,41). The van der Waals surface area contributed by atoms with E-state index in [0.29, 0.717) is 61.4 Å². The van der Waals surface area contributed by atoms with Crippen LogP contribution >= 0.6 is 55.2 Å². The summed E-state index contributed by atoms with van der Waals surface area (Å²) < 4.78 is 15.4. The first-order valence-electron chi connectivity index (χ1n) is 14.2. The maximum Gasteiger partial charge on any atom is 0.255 e. The molecule has 1 atom stereocenters. The summed E-state index contributed by atoms with van der Waals surface area (Å²) in [6.45, 7) is 2.20. The van der Waals surface area contributed by atoms with E-state index in [-0.39, 0.29) is 5.91 Å². The molecule has 0 spiro atoms. The summed E-state index contributed by atoms with van der Waals surface area (Å²) in [6.07, 6.45) is 0. The molecule has 46 heavy (non-hydrogen) atoms. The minimum atomic E-state index is -0.633. The lowest BCUT2D eigenvalue weighted by Gasteiger charge is -2.29. The molecule has 0 radical (unpaired) electrons. The van der Waals surface area contributed by atoms with Crippen LogP contribution in [0, 0.1) is 0 Å². The molecular formula is C34H28Br2ClN5O3S. The van der Waals surface area contributed by atoms with Gasteiger partial charge in [-0.15, -0.1) is 5.10 Å². The lowest BCUT2D eigenvalue weighted by Crippen LogP contribution is -2.31. The van der Waals surface area contributed by atoms with Crippen molar-refractivity contribution in [1.82, 2.24) is 14.8 Å². The summed E-state index contributed by atoms with van der Waals surface area (Å²) in [6, 6.07) is 28.1. The van der Waals surface area contributed by atoms with E-state index in [9.17, 15) is 4.79 Å². The third-order valence-electron chi connectivity index (χ3n) is 7.26. The largest absolute Gasteiger partial charge is 0.493 e. The number of fused-ring (bicyclic) bond motifs is 1. The molecule has 6 rings (SSSR count). The molecule has 2 N–H and O–H groups in total. The number of nitrogens with one attached hydrogen (secondary N) is 2. The lowest BCUT2D eigenvalue weighted by molar-refractivity contribution is -0.113. The number of thioether (sulfide) groups is 1. The molecule has 1 aliphatic rings. The number of hydrogen-bond donors (Lipinski definition) is 2. The van der Waals surface area contributed by atoms with Gasteiger partial charge in [0, 0.05) is 26.6 Å². The first kappa shape index (κ1) is 32.2. The van der Waals surface area contributed by atoms with Crippen LogP contribution in [0.5, 0.6) is 11.5 Å². The first-order valence-corrected chi connectivity index (χ1v) is 17.2. The van der Waals surface area contributed by atoms with Crippen LogP contribution in [0.15, 0.2) is 116 Å². The molecule has 4 aromatic carbocycles. The fourth-order valence-corrected chi connectivity index (χ4v) is 7.23. The van der Waals surface area contributed by atoms with Gasteiger partial charge >= 0.3 is 0 Å². The zero-order chi connectivity index (χ0) is 32.2. The van der Waals surface area contributed by atoms with Crippen LogP contribution in [0.25, 0.3) is 0 Å². The van der Waals surface area contributed by atoms with Crippen LogP contribution in [0.1, 0.15) is 29.7 Å². The van der Waals surface area contributed by atoms with Crippen LogP contribution in [0.2, 0.25) is 5.02 Å². The quantitative estimate of drug-likeness (QED) is 0.137. The molecule has 1 aromatic heterocycles. The van der Waals surface area contributed by atoms with Gasteiger partial charge in [-0.1, -0.05) is 87.8 Å². The molecule has 1 amide bonds. The summed E-state index contributed by atoms with van der Waals surface area (Å²) in [5.41, 5.74) is 4.56. The maximum atomic E-state index is 14.0. The SMILES string of the molecule is COc1cc(C2C(C(=O)Nc3ccccc3)=C(C)Nc3nc(SCc4ccccc4Cl)nn32)cc(Br)c1OCc1cccc(Br)c1. The number of ether oxygens (including phenoxy) is 2. The Kier molecular flexibility index (Phi) is 10.0. The van der Waals surface area contributed by atoms with Crippen LogP contribution in [-0.4, -0.2) is 27.8 Å². The van der Waals surface area contributed by atoms with Crippen LogP contribution in [-0.2, 0) is 17.2 Å². The average molecular weight is 782 g/mol. The Morgan fingerprint density at radius 3 is 2.59 bits per heavy atom. The lowest BCUT2D eigenvalue weighted by atomic mass is 9.94. The van der Waals surface area contributed by atoms with Gasteiger partial charge in [-0.2, -0.15) is 4.98 Å². The Hall–Kier alpha value is -3.77. The summed E-state index contributed by atoms with van der Waals surface area (Å²) in [4.78, 5) is 18.7. The summed E-state index contributed by atoms with van der Waals surface area (Å²) in [5, 5.41) is 12.5. The minimum Gasteiger partial charge on any atom is -0.493 e. The molecule has 234 valence electrons. The van der Waals surface area contributed by atoms with E-state index in [4.69, 9.17) is 31.2 Å². The van der Waals surface area contributed by atoms with Crippen molar-refractivity contribution in [3.05, 3.63) is 133 Å². The highest BCUT2D eigenvalue weighted by atomic mass is 79.9. The monoisotopic (exact) mass is 779 g/mol. The number of aromatic nitrogens is 3. The number of carbonyl (C=O) groups is 1. The van der Waals surface area contributed by atoms with Gasteiger partial charge in [0.05, 0.1) is 17.2 Å². The average Bonchev–Trinajstić information content (AvgIpc) is 3.45. The molecule has 0 saturated carbocycles. The second-order valence-corrected chi connectivity index (χ2v) is 13.5. The highest BCUT2D eigenvalue weighted by molar-refractivity contribution is 9.10. The molecule has 2 heterocycles. The van der Waals surface area contributed by atoms with Crippen molar-refractivity contribution in [3.8, 4) is 11.5 Å². The second-order valence-electron chi connectivity index (χ2n) is 10.4. The van der Waals surface area contributed by atoms with Gasteiger partial charge in [0.1, 0.15) is 12.6 Å². The first-order chi connectivity index (χ1) is 22.3. The zero-order valence-corrected chi connectivity index (χ0v) is 29.5. The number of hydrogen-bond acceptors (Lipinski definition) is 7. The second kappa shape index (κ2) is 14.3. The molecule has 0 saturated heterocycles. The number of methoxy groups -OCH3 is 1. The topological polar surface area (TPSA) is 90.3 Å². The Morgan fingerprint density at radius 2 is 1.83 bits per heavy atom. The minimum absolute atomic E-state index is 0.266. The third kappa shape index (κ3) is 7.12. The van der Waals surface area contributed by atoms with Gasteiger partial charge in [-0.05, 0) is 82.0 Å². The predicted molar refractivity (Wildman–Crippen MR) is 190 cm³/mol. The number of para-hydroxylation sites is 1. The van der Waals surface area contributed by atoms with Crippen molar-refractivity contribution in [1.29, 1.82) is 0 Å². The van der Waals surface area contributed by atoms with Gasteiger partial charge in [-0.25, -0.2) is 4.68 Å². The van der Waals surface area contributed by atoms with E-state index in [1.54, 1.807) is 11.8 Å². The molecule has 1 unspecified atom stereocenters. The van der Waals surface area contributed by atoms with E-state index in [0.717, 1.165) is 21.2 Å². The number of amides is 1. The molecule has 0 bridgehead atoms. The highest BCUT2D eigenvalue weighted by Gasteiger charge is 2.35. The van der Waals surface area contributed by atoms with Crippen molar-refractivity contribution in [2.45, 2.75) is 30.5 Å². The number of carbonyl (C=O) groups excluding carboxylic acids is 1. The van der Waals surface area contributed by atoms with Crippen LogP contribution in [0.3, 0.4) is 0 Å². The van der Waals surface area contributed by atoms with E-state index in [1.807, 2.05) is 97.9 Å². The fraction of sp³-hybridized carbons (Fsp3) is 0.147. The maximum absolute atomic E-state index is 14.0. The van der Waals surface area contributed by atoms with Gasteiger partial charge in [-0.3, -0.25) is 4.79 Å². The summed E-state index contributed by atoms with van der Waals surface area (Å²) >= 11 is 15.1. The number of nitrogens with zero attached hydrogens (tertiary/aromatic N) is 3. The fourth-order valence-electron chi connectivity index (χ4n) is 5.09. The Bertz CT molecular complexity index is 1940. The van der Waals surface area contributed by atoms with Crippen LogP contribution in [0.4, 0.5) is 11.6 Å². The predicted octanol–water partition coefficient (Wildman–Crippen LogP) is 9.26. The smallest absolute Gasteiger partial charge is 0.255 e. The zero-order valence-electron chi connectivity index (χ0n) is 24.8. The normalized spacial score (nSPS) is 14.0. The van der Waals surface area contributed by atoms with Crippen molar-refractivity contribution >= 4 is 72.8 Å². The molecule has 0 aliphatic carbocycles. The molecule has 12 heteroatoms. The van der Waals surface area contributed by atoms with Crippen molar-refractivity contribution in [2.24, 2.45) is 0 Å². The van der Waals surface area contributed by atoms with Gasteiger partial charge in [0.25, 0.3) is 5.91 Å². The van der Waals surface area contributed by atoms with E-state index in [2.05, 4.69) is 42.5 Å². The third-order valence-corrected chi connectivity index (χ3v) is 9.60. The van der Waals surface area contributed by atoms with Gasteiger partial charge in [0.2, 0.25) is 11.1 Å². The molecule has 1 aliphatic heterocycles. The van der Waals surface area contributed by atoms with E-state index >= 15 is 0 Å². The molecule has 0 fully saturated rings. The number of halogens is 3. The van der Waals surface area contributed by atoms with Crippen molar-refractivity contribution in [2.75, 3.05) is 17.7 Å². The number of allylic oxidation sites excluding steroid dienone is 1. The van der Waals surface area contributed by atoms with Crippen LogP contribution < -0.4 is 20.1 Å². The Labute approximate surface area is 292 Å². The number of rotatable bonds is 10. The summed E-state index contributed by atoms with van der Waals surface area (Å²) in [7, 11) is 1.59. The van der Waals surface area contributed by atoms with Crippen molar-refractivity contribution < 1.29 is 14.3 Å². The summed E-state index contributed by atoms with van der Waals surface area (Å²) in [5.74, 6) is 1.90. The number of anilines is 2. The number of benzene rings is 4. The molecule has 8 nitrogen and oxygen atoms in total. The molecule has 5 aromatic rings. The Morgan fingerprint density at radius 1 is 1.04 bits per heavy atom. The van der Waals surface area contributed by atoms with Gasteiger partial charge in [0.15, 0.2) is 11.5 Å². The molecular weight excluding hydrogens is 754 g/mol. The van der Waals surface area contributed by atoms with Gasteiger partial charge < -0.3 is 20.1 Å². The van der Waals surface area contributed by atoms with E-state index in [1.165, 1.54) is 11.8 Å².